The third kappa shape index (κ3) is 5.80. The van der Waals surface area contributed by atoms with Crippen LogP contribution in [0.4, 0.5) is 11.5 Å². The van der Waals surface area contributed by atoms with Crippen LogP contribution in [0.25, 0.3) is 28.2 Å². The SMILES string of the molecule is COCCN1CCC(Nc2nc(-c3nc4ccc(N5CCOCC5)cc4n3Cc3ccccc3)cn3c(C)nnc23)CC1. The lowest BCUT2D eigenvalue weighted by Crippen LogP contribution is -2.40. The number of piperidine rings is 1. The first-order valence-corrected chi connectivity index (χ1v) is 15.2. The third-order valence-corrected chi connectivity index (χ3v) is 8.62. The zero-order valence-electron chi connectivity index (χ0n) is 24.9. The number of benzene rings is 2. The van der Waals surface area contributed by atoms with E-state index >= 15 is 0 Å². The van der Waals surface area contributed by atoms with Crippen LogP contribution in [0, 0.1) is 6.92 Å². The van der Waals surface area contributed by atoms with Gasteiger partial charge in [0.1, 0.15) is 11.5 Å². The fourth-order valence-electron chi connectivity index (χ4n) is 6.18. The van der Waals surface area contributed by atoms with Crippen molar-refractivity contribution in [2.75, 3.05) is 69.9 Å². The summed E-state index contributed by atoms with van der Waals surface area (Å²) in [5, 5.41) is 12.6. The molecule has 0 saturated carbocycles. The topological polar surface area (TPSA) is 97.9 Å². The fourth-order valence-corrected chi connectivity index (χ4v) is 6.18. The minimum Gasteiger partial charge on any atom is -0.383 e. The third-order valence-electron chi connectivity index (χ3n) is 8.62. The standard InChI is InChI=1S/C32H39N9O2/c1-23-36-37-32-30(33-25-10-12-38(13-11-25)14-17-42-2)34-28(22-40(23)32)31-35-27-9-8-26(39-15-18-43-19-16-39)20-29(27)41(31)21-24-6-4-3-5-7-24/h3-9,20,22,25H,10-19,21H2,1-2H3,(H,33,34). The number of nitrogens with one attached hydrogen (secondary N) is 1. The number of fused-ring (bicyclic) bond motifs is 2. The van der Waals surface area contributed by atoms with Crippen LogP contribution in [0.1, 0.15) is 24.2 Å². The molecule has 2 aromatic carbocycles. The van der Waals surface area contributed by atoms with Gasteiger partial charge < -0.3 is 29.2 Å². The summed E-state index contributed by atoms with van der Waals surface area (Å²) < 4.78 is 15.2. The van der Waals surface area contributed by atoms with Gasteiger partial charge in [-0.1, -0.05) is 30.3 Å². The van der Waals surface area contributed by atoms with Gasteiger partial charge in [-0.25, -0.2) is 9.97 Å². The monoisotopic (exact) mass is 581 g/mol. The summed E-state index contributed by atoms with van der Waals surface area (Å²) in [6.45, 7) is 9.71. The number of hydrogen-bond donors (Lipinski definition) is 1. The zero-order chi connectivity index (χ0) is 29.2. The van der Waals surface area contributed by atoms with Crippen molar-refractivity contribution in [2.24, 2.45) is 0 Å². The molecule has 0 atom stereocenters. The summed E-state index contributed by atoms with van der Waals surface area (Å²) in [5.74, 6) is 2.39. The molecule has 0 spiro atoms. The average Bonchev–Trinajstić information content (AvgIpc) is 3.61. The number of imidazole rings is 1. The maximum absolute atomic E-state index is 5.60. The van der Waals surface area contributed by atoms with Crippen LogP contribution in [0.3, 0.4) is 0 Å². The first-order valence-electron chi connectivity index (χ1n) is 15.2. The highest BCUT2D eigenvalue weighted by molar-refractivity contribution is 5.84. The molecule has 3 aromatic heterocycles. The summed E-state index contributed by atoms with van der Waals surface area (Å²) in [6.07, 6.45) is 4.09. The predicted molar refractivity (Wildman–Crippen MR) is 168 cm³/mol. The van der Waals surface area contributed by atoms with E-state index < -0.39 is 0 Å². The quantitative estimate of drug-likeness (QED) is 0.278. The molecular formula is C32H39N9O2. The second kappa shape index (κ2) is 12.3. The smallest absolute Gasteiger partial charge is 0.203 e. The molecule has 43 heavy (non-hydrogen) atoms. The van der Waals surface area contributed by atoms with Crippen molar-refractivity contribution in [2.45, 2.75) is 32.4 Å². The Morgan fingerprint density at radius 3 is 2.58 bits per heavy atom. The highest BCUT2D eigenvalue weighted by Gasteiger charge is 2.23. The zero-order valence-corrected chi connectivity index (χ0v) is 24.9. The van der Waals surface area contributed by atoms with E-state index in [4.69, 9.17) is 19.4 Å². The molecule has 11 heteroatoms. The molecule has 224 valence electrons. The van der Waals surface area contributed by atoms with E-state index in [1.165, 1.54) is 11.3 Å². The van der Waals surface area contributed by atoms with Gasteiger partial charge in [-0.15, -0.1) is 10.2 Å². The van der Waals surface area contributed by atoms with E-state index in [9.17, 15) is 0 Å². The molecule has 5 heterocycles. The van der Waals surface area contributed by atoms with Crippen LogP contribution in [0.15, 0.2) is 54.7 Å². The number of anilines is 2. The van der Waals surface area contributed by atoms with Crippen molar-refractivity contribution in [3.63, 3.8) is 0 Å². The number of nitrogens with zero attached hydrogens (tertiary/aromatic N) is 8. The molecule has 5 aromatic rings. The maximum Gasteiger partial charge on any atom is 0.203 e. The van der Waals surface area contributed by atoms with Gasteiger partial charge in [-0.3, -0.25) is 4.40 Å². The minimum absolute atomic E-state index is 0.307. The van der Waals surface area contributed by atoms with Crippen molar-refractivity contribution in [1.29, 1.82) is 0 Å². The normalized spacial score (nSPS) is 16.8. The summed E-state index contributed by atoms with van der Waals surface area (Å²) >= 11 is 0. The van der Waals surface area contributed by atoms with Gasteiger partial charge in [-0.05, 0) is 43.5 Å². The number of aromatic nitrogens is 6. The lowest BCUT2D eigenvalue weighted by atomic mass is 10.1. The molecule has 2 fully saturated rings. The minimum atomic E-state index is 0.307. The van der Waals surface area contributed by atoms with Gasteiger partial charge in [0.05, 0.1) is 30.9 Å². The molecule has 1 N–H and O–H groups in total. The van der Waals surface area contributed by atoms with E-state index in [0.29, 0.717) is 12.6 Å². The van der Waals surface area contributed by atoms with Crippen molar-refractivity contribution < 1.29 is 9.47 Å². The summed E-state index contributed by atoms with van der Waals surface area (Å²) in [6, 6.07) is 17.4. The molecule has 2 aliphatic rings. The van der Waals surface area contributed by atoms with Gasteiger partial charge in [0.25, 0.3) is 0 Å². The van der Waals surface area contributed by atoms with Gasteiger partial charge in [0.15, 0.2) is 11.6 Å². The molecule has 0 amide bonds. The Morgan fingerprint density at radius 2 is 1.79 bits per heavy atom. The lowest BCUT2D eigenvalue weighted by molar-refractivity contribution is 0.122. The molecule has 0 radical (unpaired) electrons. The number of hydrogen-bond acceptors (Lipinski definition) is 9. The van der Waals surface area contributed by atoms with Crippen molar-refractivity contribution in [1.82, 2.24) is 34.0 Å². The Bertz CT molecular complexity index is 1690. The number of rotatable bonds is 9. The number of aryl methyl sites for hydroxylation is 1. The number of likely N-dealkylation sites (tertiary alicyclic amines) is 1. The van der Waals surface area contributed by atoms with Crippen molar-refractivity contribution >= 4 is 28.2 Å². The summed E-state index contributed by atoms with van der Waals surface area (Å²) in [5.41, 5.74) is 5.96. The van der Waals surface area contributed by atoms with Gasteiger partial charge in [0.2, 0.25) is 5.65 Å². The Hall–Kier alpha value is -4.06. The average molecular weight is 582 g/mol. The Morgan fingerprint density at radius 1 is 0.977 bits per heavy atom. The first kappa shape index (κ1) is 27.8. The van der Waals surface area contributed by atoms with Gasteiger partial charge in [-0.2, -0.15) is 0 Å². The second-order valence-corrected chi connectivity index (χ2v) is 11.4. The van der Waals surface area contributed by atoms with Gasteiger partial charge >= 0.3 is 0 Å². The molecule has 0 aliphatic carbocycles. The number of ether oxygens (including phenoxy) is 2. The van der Waals surface area contributed by atoms with Crippen LogP contribution in [0.5, 0.6) is 0 Å². The summed E-state index contributed by atoms with van der Waals surface area (Å²) in [4.78, 5) is 15.2. The predicted octanol–water partition coefficient (Wildman–Crippen LogP) is 3.86. The molecule has 11 nitrogen and oxygen atoms in total. The van der Waals surface area contributed by atoms with Crippen LogP contribution < -0.4 is 10.2 Å². The second-order valence-electron chi connectivity index (χ2n) is 11.4. The van der Waals surface area contributed by atoms with Crippen LogP contribution in [-0.4, -0.2) is 99.7 Å². The largest absolute Gasteiger partial charge is 0.383 e. The first-order chi connectivity index (χ1) is 21.2. The van der Waals surface area contributed by atoms with Crippen LogP contribution in [0.2, 0.25) is 0 Å². The van der Waals surface area contributed by atoms with Crippen LogP contribution >= 0.6 is 0 Å². The van der Waals surface area contributed by atoms with E-state index in [1.807, 2.05) is 17.5 Å². The molecule has 2 saturated heterocycles. The summed E-state index contributed by atoms with van der Waals surface area (Å²) in [7, 11) is 1.76. The van der Waals surface area contributed by atoms with Crippen molar-refractivity contribution in [3.8, 4) is 11.5 Å². The fraction of sp³-hybridized carbons (Fsp3) is 0.438. The van der Waals surface area contributed by atoms with Crippen LogP contribution in [-0.2, 0) is 16.0 Å². The highest BCUT2D eigenvalue weighted by atomic mass is 16.5. The number of morpholine rings is 1. The molecular weight excluding hydrogens is 542 g/mol. The Labute approximate surface area is 251 Å². The Kier molecular flexibility index (Phi) is 7.92. The molecule has 7 rings (SSSR count). The van der Waals surface area contributed by atoms with E-state index in [0.717, 1.165) is 105 Å². The molecule has 2 aliphatic heterocycles. The van der Waals surface area contributed by atoms with E-state index in [-0.39, 0.29) is 0 Å². The number of methoxy groups -OCH3 is 1. The maximum atomic E-state index is 5.60. The lowest BCUT2D eigenvalue weighted by Gasteiger charge is -2.32. The molecule has 0 unspecified atom stereocenters. The van der Waals surface area contributed by atoms with Crippen molar-refractivity contribution in [3.05, 3.63) is 66.1 Å². The molecule has 0 bridgehead atoms. The van der Waals surface area contributed by atoms with E-state index in [2.05, 4.69) is 78.4 Å². The van der Waals surface area contributed by atoms with E-state index in [1.54, 1.807) is 7.11 Å². The highest BCUT2D eigenvalue weighted by Crippen LogP contribution is 2.31. The van der Waals surface area contributed by atoms with Gasteiger partial charge in [0, 0.05) is 64.3 Å². The Balaban J connectivity index is 1.28.